The van der Waals surface area contributed by atoms with E-state index in [-0.39, 0.29) is 24.2 Å². The normalized spacial score (nSPS) is 16.2. The molecule has 0 spiro atoms. The molecule has 0 aromatic heterocycles. The predicted molar refractivity (Wildman–Crippen MR) is 108 cm³/mol. The van der Waals surface area contributed by atoms with Gasteiger partial charge in [0.15, 0.2) is 0 Å². The highest BCUT2D eigenvalue weighted by Crippen LogP contribution is 2.24. The lowest BCUT2D eigenvalue weighted by Crippen LogP contribution is -2.31. The van der Waals surface area contributed by atoms with Gasteiger partial charge in [-0.15, -0.1) is 0 Å². The van der Waals surface area contributed by atoms with Crippen LogP contribution in [0.5, 0.6) is 11.5 Å². The molecule has 1 unspecified atom stereocenters. The Labute approximate surface area is 165 Å². The van der Waals surface area contributed by atoms with Crippen molar-refractivity contribution in [3.8, 4) is 11.5 Å². The molecule has 0 aliphatic carbocycles. The van der Waals surface area contributed by atoms with Gasteiger partial charge in [-0.05, 0) is 49.2 Å². The summed E-state index contributed by atoms with van der Waals surface area (Å²) in [5.41, 5.74) is 2.87. The fraction of sp³-hybridized carbons (Fsp3) is 0.364. The number of ether oxygens (including phenoxy) is 2. The van der Waals surface area contributed by atoms with Crippen molar-refractivity contribution in [3.05, 3.63) is 53.6 Å². The Kier molecular flexibility index (Phi) is 6.19. The molecule has 0 radical (unpaired) electrons. The molecule has 1 aliphatic rings. The first-order valence-corrected chi connectivity index (χ1v) is 9.39. The summed E-state index contributed by atoms with van der Waals surface area (Å²) >= 11 is 0. The Balaban J connectivity index is 1.50. The zero-order valence-electron chi connectivity index (χ0n) is 16.5. The largest absolute Gasteiger partial charge is 0.497 e. The second-order valence-electron chi connectivity index (χ2n) is 7.02. The van der Waals surface area contributed by atoms with Crippen molar-refractivity contribution in [2.75, 3.05) is 32.1 Å². The second kappa shape index (κ2) is 8.78. The average molecular weight is 382 g/mol. The molecule has 2 amide bonds. The van der Waals surface area contributed by atoms with E-state index in [0.717, 1.165) is 28.3 Å². The number of likely N-dealkylation sites (tertiary alicyclic amines) is 1. The molecular formula is C22H26N2O4. The molecule has 2 aromatic carbocycles. The summed E-state index contributed by atoms with van der Waals surface area (Å²) in [4.78, 5) is 26.6. The number of hydrogen-bond acceptors (Lipinski definition) is 4. The molecule has 2 aromatic rings. The standard InChI is InChI=1S/C22H26N2O4/c1-15-5-4-6-16(2)21(15)23-22(26)17-13-20(25)24(14-17)11-12-28-19-9-7-18(27-3)8-10-19/h4-10,17H,11-14H2,1-3H3,(H,23,26). The smallest absolute Gasteiger partial charge is 0.229 e. The molecule has 6 heteroatoms. The number of hydrogen-bond donors (Lipinski definition) is 1. The van der Waals surface area contributed by atoms with E-state index in [4.69, 9.17) is 9.47 Å². The van der Waals surface area contributed by atoms with Crippen LogP contribution < -0.4 is 14.8 Å². The Morgan fingerprint density at radius 2 is 1.75 bits per heavy atom. The van der Waals surface area contributed by atoms with Crippen molar-refractivity contribution in [1.29, 1.82) is 0 Å². The topological polar surface area (TPSA) is 67.9 Å². The summed E-state index contributed by atoms with van der Waals surface area (Å²) in [5.74, 6) is 1.02. The molecule has 1 saturated heterocycles. The molecule has 0 bridgehead atoms. The van der Waals surface area contributed by atoms with Crippen molar-refractivity contribution >= 4 is 17.5 Å². The summed E-state index contributed by atoms with van der Waals surface area (Å²) in [6.07, 6.45) is 0.235. The van der Waals surface area contributed by atoms with Gasteiger partial charge in [0.1, 0.15) is 18.1 Å². The van der Waals surface area contributed by atoms with Gasteiger partial charge in [0.05, 0.1) is 19.6 Å². The maximum absolute atomic E-state index is 12.6. The van der Waals surface area contributed by atoms with E-state index < -0.39 is 0 Å². The van der Waals surface area contributed by atoms with Gasteiger partial charge in [-0.25, -0.2) is 0 Å². The van der Waals surface area contributed by atoms with Gasteiger partial charge in [-0.1, -0.05) is 18.2 Å². The number of para-hydroxylation sites is 1. The van der Waals surface area contributed by atoms with E-state index in [1.165, 1.54) is 0 Å². The molecule has 6 nitrogen and oxygen atoms in total. The lowest BCUT2D eigenvalue weighted by Gasteiger charge is -2.18. The van der Waals surface area contributed by atoms with Gasteiger partial charge in [0.25, 0.3) is 0 Å². The van der Waals surface area contributed by atoms with Crippen LogP contribution in [0.4, 0.5) is 5.69 Å². The first kappa shape index (κ1) is 19.7. The first-order valence-electron chi connectivity index (χ1n) is 9.39. The minimum Gasteiger partial charge on any atom is -0.497 e. The zero-order valence-corrected chi connectivity index (χ0v) is 16.5. The van der Waals surface area contributed by atoms with Gasteiger partial charge in [0, 0.05) is 18.7 Å². The van der Waals surface area contributed by atoms with Crippen LogP contribution in [0.3, 0.4) is 0 Å². The number of nitrogens with zero attached hydrogens (tertiary/aromatic N) is 1. The Morgan fingerprint density at radius 1 is 1.11 bits per heavy atom. The van der Waals surface area contributed by atoms with E-state index in [1.807, 2.05) is 56.3 Å². The second-order valence-corrected chi connectivity index (χ2v) is 7.02. The Hall–Kier alpha value is -3.02. The van der Waals surface area contributed by atoms with Crippen LogP contribution in [0.25, 0.3) is 0 Å². The molecule has 1 heterocycles. The molecule has 3 rings (SSSR count). The monoisotopic (exact) mass is 382 g/mol. The molecule has 0 saturated carbocycles. The number of anilines is 1. The van der Waals surface area contributed by atoms with Gasteiger partial charge < -0.3 is 19.7 Å². The summed E-state index contributed by atoms with van der Waals surface area (Å²) in [6.45, 7) is 5.18. The predicted octanol–water partition coefficient (Wildman–Crippen LogP) is 3.18. The summed E-state index contributed by atoms with van der Waals surface area (Å²) in [5, 5.41) is 2.99. The summed E-state index contributed by atoms with van der Waals surface area (Å²) in [6, 6.07) is 13.2. The van der Waals surface area contributed by atoms with E-state index in [0.29, 0.717) is 19.7 Å². The SMILES string of the molecule is COc1ccc(OCCN2CC(C(=O)Nc3c(C)cccc3C)CC2=O)cc1. The van der Waals surface area contributed by atoms with Gasteiger partial charge in [-0.3, -0.25) is 9.59 Å². The highest BCUT2D eigenvalue weighted by Gasteiger charge is 2.34. The highest BCUT2D eigenvalue weighted by atomic mass is 16.5. The number of benzene rings is 2. The molecule has 28 heavy (non-hydrogen) atoms. The summed E-state index contributed by atoms with van der Waals surface area (Å²) in [7, 11) is 1.61. The minimum absolute atomic E-state index is 0.0139. The molecule has 1 N–H and O–H groups in total. The Bertz CT molecular complexity index is 828. The number of carbonyl (C=O) groups excluding carboxylic acids is 2. The average Bonchev–Trinajstić information content (AvgIpc) is 3.06. The molecular weight excluding hydrogens is 356 g/mol. The first-order chi connectivity index (χ1) is 13.5. The maximum Gasteiger partial charge on any atom is 0.229 e. The number of carbonyl (C=O) groups is 2. The third-order valence-corrected chi connectivity index (χ3v) is 5.00. The van der Waals surface area contributed by atoms with E-state index in [9.17, 15) is 9.59 Å². The number of nitrogens with one attached hydrogen (secondary N) is 1. The summed E-state index contributed by atoms with van der Waals surface area (Å²) < 4.78 is 10.8. The molecule has 1 atom stereocenters. The van der Waals surface area contributed by atoms with Crippen molar-refractivity contribution in [2.24, 2.45) is 5.92 Å². The third-order valence-electron chi connectivity index (χ3n) is 5.00. The molecule has 1 aliphatic heterocycles. The van der Waals surface area contributed by atoms with Crippen molar-refractivity contribution < 1.29 is 19.1 Å². The number of amides is 2. The minimum atomic E-state index is -0.340. The van der Waals surface area contributed by atoms with Crippen LogP contribution in [-0.2, 0) is 9.59 Å². The van der Waals surface area contributed by atoms with Crippen LogP contribution in [0.1, 0.15) is 17.5 Å². The number of rotatable bonds is 7. The van der Waals surface area contributed by atoms with Crippen LogP contribution >= 0.6 is 0 Å². The third kappa shape index (κ3) is 4.63. The highest BCUT2D eigenvalue weighted by molar-refractivity contribution is 5.98. The van der Waals surface area contributed by atoms with Crippen LogP contribution in [-0.4, -0.2) is 43.5 Å². The molecule has 1 fully saturated rings. The lowest BCUT2D eigenvalue weighted by molar-refractivity contribution is -0.128. The van der Waals surface area contributed by atoms with Gasteiger partial charge in [0.2, 0.25) is 11.8 Å². The lowest BCUT2D eigenvalue weighted by atomic mass is 10.1. The quantitative estimate of drug-likeness (QED) is 0.799. The number of aryl methyl sites for hydroxylation is 2. The number of methoxy groups -OCH3 is 1. The van der Waals surface area contributed by atoms with Crippen LogP contribution in [0.2, 0.25) is 0 Å². The fourth-order valence-electron chi connectivity index (χ4n) is 3.35. The van der Waals surface area contributed by atoms with Crippen LogP contribution in [0.15, 0.2) is 42.5 Å². The fourth-order valence-corrected chi connectivity index (χ4v) is 3.35. The van der Waals surface area contributed by atoms with Crippen molar-refractivity contribution in [2.45, 2.75) is 20.3 Å². The van der Waals surface area contributed by atoms with Crippen molar-refractivity contribution in [3.63, 3.8) is 0 Å². The van der Waals surface area contributed by atoms with E-state index in [1.54, 1.807) is 12.0 Å². The zero-order chi connectivity index (χ0) is 20.1. The van der Waals surface area contributed by atoms with E-state index in [2.05, 4.69) is 5.32 Å². The molecule has 148 valence electrons. The van der Waals surface area contributed by atoms with Crippen LogP contribution in [0, 0.1) is 19.8 Å². The maximum atomic E-state index is 12.6. The van der Waals surface area contributed by atoms with Gasteiger partial charge >= 0.3 is 0 Å². The van der Waals surface area contributed by atoms with Crippen molar-refractivity contribution in [1.82, 2.24) is 4.90 Å². The van der Waals surface area contributed by atoms with E-state index >= 15 is 0 Å². The van der Waals surface area contributed by atoms with Gasteiger partial charge in [-0.2, -0.15) is 0 Å². The Morgan fingerprint density at radius 3 is 2.39 bits per heavy atom.